The normalized spacial score (nSPS) is 15.2. The molecule has 0 unspecified atom stereocenters. The van der Waals surface area contributed by atoms with Crippen molar-refractivity contribution in [3.8, 4) is 0 Å². The van der Waals surface area contributed by atoms with Crippen molar-refractivity contribution in [3.63, 3.8) is 0 Å². The van der Waals surface area contributed by atoms with Crippen LogP contribution >= 0.6 is 0 Å². The summed E-state index contributed by atoms with van der Waals surface area (Å²) in [7, 11) is -1.25. The Labute approximate surface area is 112 Å². The van der Waals surface area contributed by atoms with E-state index in [1.165, 1.54) is 18.9 Å². The Balaban J connectivity index is 4.77. The molecule has 0 fully saturated rings. The predicted octanol–water partition coefficient (Wildman–Crippen LogP) is 6.49. The second-order valence-corrected chi connectivity index (χ2v) is 15.4. The molecule has 0 amide bonds. The van der Waals surface area contributed by atoms with Crippen LogP contribution in [0.2, 0.25) is 22.7 Å². The summed E-state index contributed by atoms with van der Waals surface area (Å²) in [5, 5.41) is 1.01. The third kappa shape index (κ3) is 4.77. The number of hydrogen-bond donors (Lipinski definition) is 0. The largest absolute Gasteiger partial charge is 0.0684 e. The van der Waals surface area contributed by atoms with Crippen LogP contribution in [0.25, 0.3) is 0 Å². The van der Waals surface area contributed by atoms with Gasteiger partial charge in [-0.15, -0.1) is 0 Å². The molecular weight excluding hydrogens is 220 g/mol. The summed E-state index contributed by atoms with van der Waals surface area (Å²) >= 11 is 0. The van der Waals surface area contributed by atoms with Gasteiger partial charge in [0.2, 0.25) is 0 Å². The fourth-order valence-electron chi connectivity index (χ4n) is 2.85. The first-order valence-electron chi connectivity index (χ1n) is 7.21. The molecule has 0 bridgehead atoms. The average molecular weight is 257 g/mol. The van der Waals surface area contributed by atoms with Crippen molar-refractivity contribution < 1.29 is 0 Å². The molecule has 0 aromatic carbocycles. The van der Waals surface area contributed by atoms with Crippen molar-refractivity contribution in [1.29, 1.82) is 0 Å². The van der Waals surface area contributed by atoms with E-state index in [1.807, 2.05) is 0 Å². The van der Waals surface area contributed by atoms with Gasteiger partial charge in [0.25, 0.3) is 0 Å². The molecule has 0 heterocycles. The molecule has 0 aliphatic rings. The van der Waals surface area contributed by atoms with Gasteiger partial charge in [-0.25, -0.2) is 0 Å². The smallest absolute Gasteiger partial charge is 0.0612 e. The molecule has 17 heavy (non-hydrogen) atoms. The van der Waals surface area contributed by atoms with Gasteiger partial charge in [-0.3, -0.25) is 0 Å². The minimum atomic E-state index is -1.25. The van der Waals surface area contributed by atoms with Gasteiger partial charge in [-0.2, -0.15) is 0 Å². The first-order valence-corrected chi connectivity index (χ1v) is 9.91. The van der Waals surface area contributed by atoms with E-state index in [0.29, 0.717) is 15.5 Å². The van der Waals surface area contributed by atoms with Crippen molar-refractivity contribution in [2.75, 3.05) is 0 Å². The van der Waals surface area contributed by atoms with E-state index in [1.54, 1.807) is 0 Å². The van der Waals surface area contributed by atoms with Crippen molar-refractivity contribution in [1.82, 2.24) is 0 Å². The molecule has 0 aromatic heterocycles. The van der Waals surface area contributed by atoms with Crippen molar-refractivity contribution in [2.45, 2.75) is 97.8 Å². The van der Waals surface area contributed by atoms with E-state index in [9.17, 15) is 0 Å². The molecule has 0 nitrogen and oxygen atoms in total. The molecule has 1 heteroatoms. The molecular formula is C16H36Si. The zero-order valence-electron chi connectivity index (χ0n) is 14.1. The Morgan fingerprint density at radius 1 is 0.706 bits per heavy atom. The van der Waals surface area contributed by atoms with Gasteiger partial charge in [0.15, 0.2) is 0 Å². The van der Waals surface area contributed by atoms with Crippen molar-refractivity contribution >= 4 is 8.07 Å². The highest BCUT2D eigenvalue weighted by Gasteiger charge is 2.47. The summed E-state index contributed by atoms with van der Waals surface area (Å²) in [6.45, 7) is 24.5. The molecule has 0 atom stereocenters. The van der Waals surface area contributed by atoms with Crippen LogP contribution in [0.4, 0.5) is 0 Å². The molecule has 0 N–H and O–H groups in total. The Bertz CT molecular complexity index is 218. The standard InChI is InChI=1S/C16H36Si/c1-14(2,3)12-11-13-17(10,15(4,5)6)16(7,8)9/h11-13H2,1-10H3. The van der Waals surface area contributed by atoms with Crippen LogP contribution in [0.1, 0.15) is 75.2 Å². The second kappa shape index (κ2) is 5.07. The first-order chi connectivity index (χ1) is 7.21. The fourth-order valence-corrected chi connectivity index (χ4v) is 7.48. The molecule has 104 valence electrons. The maximum atomic E-state index is 2.62. The third-order valence-corrected chi connectivity index (χ3v) is 12.9. The van der Waals surface area contributed by atoms with E-state index in [-0.39, 0.29) is 0 Å². The topological polar surface area (TPSA) is 0 Å². The summed E-state index contributed by atoms with van der Waals surface area (Å²) in [6, 6.07) is 1.47. The fraction of sp³-hybridized carbons (Fsp3) is 1.00. The van der Waals surface area contributed by atoms with Crippen LogP contribution in [0.3, 0.4) is 0 Å². The maximum absolute atomic E-state index is 2.62. The molecule has 0 aliphatic carbocycles. The SMILES string of the molecule is CC(C)(C)CCC[Si](C)(C(C)(C)C)C(C)(C)C. The van der Waals surface area contributed by atoms with E-state index >= 15 is 0 Å². The van der Waals surface area contributed by atoms with E-state index in [2.05, 4.69) is 68.9 Å². The van der Waals surface area contributed by atoms with Gasteiger partial charge in [-0.1, -0.05) is 81.3 Å². The molecule has 0 radical (unpaired) electrons. The Kier molecular flexibility index (Phi) is 5.13. The summed E-state index contributed by atoms with van der Waals surface area (Å²) in [5.41, 5.74) is 0.491. The second-order valence-electron chi connectivity index (χ2n) is 9.25. The van der Waals surface area contributed by atoms with E-state index in [0.717, 1.165) is 0 Å². The van der Waals surface area contributed by atoms with Crippen molar-refractivity contribution in [3.05, 3.63) is 0 Å². The molecule has 0 saturated heterocycles. The zero-order chi connectivity index (χ0) is 14.1. The first kappa shape index (κ1) is 17.2. The lowest BCUT2D eigenvalue weighted by Crippen LogP contribution is -2.48. The molecule has 0 spiro atoms. The van der Waals surface area contributed by atoms with Gasteiger partial charge in [0.05, 0.1) is 8.07 Å². The third-order valence-electron chi connectivity index (χ3n) is 4.91. The molecule has 0 rings (SSSR count). The monoisotopic (exact) mass is 256 g/mol. The summed E-state index contributed by atoms with van der Waals surface area (Å²) in [6.07, 6.45) is 2.77. The minimum absolute atomic E-state index is 0.491. The van der Waals surface area contributed by atoms with Gasteiger partial charge in [0, 0.05) is 0 Å². The van der Waals surface area contributed by atoms with Gasteiger partial charge in [-0.05, 0) is 21.9 Å². The van der Waals surface area contributed by atoms with Crippen LogP contribution in [0.15, 0.2) is 0 Å². The minimum Gasteiger partial charge on any atom is -0.0684 e. The Hall–Kier alpha value is 0.217. The Morgan fingerprint density at radius 2 is 1.06 bits per heavy atom. The summed E-state index contributed by atoms with van der Waals surface area (Å²) in [4.78, 5) is 0. The highest BCUT2D eigenvalue weighted by atomic mass is 28.3. The lowest BCUT2D eigenvalue weighted by atomic mass is 9.91. The quantitative estimate of drug-likeness (QED) is 0.506. The Morgan fingerprint density at radius 3 is 1.29 bits per heavy atom. The van der Waals surface area contributed by atoms with Gasteiger partial charge < -0.3 is 0 Å². The molecule has 0 saturated carbocycles. The summed E-state index contributed by atoms with van der Waals surface area (Å²) < 4.78 is 0. The van der Waals surface area contributed by atoms with Crippen LogP contribution in [-0.4, -0.2) is 8.07 Å². The molecule has 0 aromatic rings. The van der Waals surface area contributed by atoms with Crippen LogP contribution in [0.5, 0.6) is 0 Å². The van der Waals surface area contributed by atoms with Crippen LogP contribution < -0.4 is 0 Å². The van der Waals surface area contributed by atoms with E-state index in [4.69, 9.17) is 0 Å². The molecule has 0 aliphatic heterocycles. The summed E-state index contributed by atoms with van der Waals surface area (Å²) in [5.74, 6) is 0. The van der Waals surface area contributed by atoms with E-state index < -0.39 is 8.07 Å². The predicted molar refractivity (Wildman–Crippen MR) is 84.5 cm³/mol. The maximum Gasteiger partial charge on any atom is 0.0612 e. The zero-order valence-corrected chi connectivity index (χ0v) is 15.1. The van der Waals surface area contributed by atoms with Gasteiger partial charge >= 0.3 is 0 Å². The van der Waals surface area contributed by atoms with Gasteiger partial charge in [0.1, 0.15) is 0 Å². The number of rotatable bonds is 3. The van der Waals surface area contributed by atoms with Crippen LogP contribution in [-0.2, 0) is 0 Å². The van der Waals surface area contributed by atoms with Crippen molar-refractivity contribution in [2.24, 2.45) is 5.41 Å². The highest BCUT2D eigenvalue weighted by molar-refractivity contribution is 6.83. The lowest BCUT2D eigenvalue weighted by molar-refractivity contribution is 0.370. The lowest BCUT2D eigenvalue weighted by Gasteiger charge is -2.50. The highest BCUT2D eigenvalue weighted by Crippen LogP contribution is 2.53. The number of hydrogen-bond acceptors (Lipinski definition) is 0. The average Bonchev–Trinajstić information content (AvgIpc) is 1.96. The van der Waals surface area contributed by atoms with Crippen LogP contribution in [0, 0.1) is 5.41 Å².